The molecule has 4 aromatic rings. The fourth-order valence-corrected chi connectivity index (χ4v) is 6.60. The first kappa shape index (κ1) is 21.1. The summed E-state index contributed by atoms with van der Waals surface area (Å²) in [7, 11) is 0. The van der Waals surface area contributed by atoms with Crippen molar-refractivity contribution in [2.45, 2.75) is 25.2 Å². The van der Waals surface area contributed by atoms with Crippen molar-refractivity contribution >= 4 is 17.0 Å². The third-order valence-corrected chi connectivity index (χ3v) is 8.12. The molecular weight excluding hydrogens is 434 g/mol. The summed E-state index contributed by atoms with van der Waals surface area (Å²) < 4.78 is 0. The molecule has 4 aromatic carbocycles. The minimum Gasteiger partial charge on any atom is -0.253 e. The van der Waals surface area contributed by atoms with Gasteiger partial charge in [0.25, 0.3) is 0 Å². The van der Waals surface area contributed by atoms with Crippen molar-refractivity contribution < 1.29 is 0 Å². The molecule has 0 aromatic heterocycles. The fourth-order valence-electron chi connectivity index (χ4n) is 6.60. The van der Waals surface area contributed by atoms with E-state index in [1.165, 1.54) is 44.5 Å². The summed E-state index contributed by atoms with van der Waals surface area (Å²) in [6, 6.07) is 35.2. The van der Waals surface area contributed by atoms with Crippen molar-refractivity contribution in [1.29, 1.82) is 0 Å². The average molecular weight is 462 g/mol. The van der Waals surface area contributed by atoms with Crippen LogP contribution in [-0.2, 0) is 5.41 Å². The van der Waals surface area contributed by atoms with E-state index in [1.807, 2.05) is 18.2 Å². The number of hydrogen-bond acceptors (Lipinski definition) is 1. The van der Waals surface area contributed by atoms with E-state index in [1.54, 1.807) is 0 Å². The molecule has 3 aliphatic carbocycles. The SMILES string of the molecule is C=C(/N=C(\C)c1ccc2c(c1)C1(C3=C(C=CCC3)c3ccccc31)c1ccccc1-2)c1ccccc1. The normalized spacial score (nSPS) is 19.2. The van der Waals surface area contributed by atoms with Crippen LogP contribution in [0.3, 0.4) is 0 Å². The summed E-state index contributed by atoms with van der Waals surface area (Å²) in [5, 5.41) is 0. The molecule has 0 aliphatic heterocycles. The van der Waals surface area contributed by atoms with Crippen molar-refractivity contribution in [3.63, 3.8) is 0 Å². The first-order valence-corrected chi connectivity index (χ1v) is 12.7. The van der Waals surface area contributed by atoms with Crippen LogP contribution in [0.25, 0.3) is 22.4 Å². The predicted octanol–water partition coefficient (Wildman–Crippen LogP) is 8.60. The summed E-state index contributed by atoms with van der Waals surface area (Å²) in [6.07, 6.45) is 6.85. The highest BCUT2D eigenvalue weighted by Crippen LogP contribution is 2.63. The maximum absolute atomic E-state index is 4.93. The van der Waals surface area contributed by atoms with Crippen LogP contribution in [0.15, 0.2) is 126 Å². The second kappa shape index (κ2) is 7.90. The van der Waals surface area contributed by atoms with Gasteiger partial charge >= 0.3 is 0 Å². The Morgan fingerprint density at radius 1 is 0.722 bits per heavy atom. The highest BCUT2D eigenvalue weighted by Gasteiger charge is 2.52. The van der Waals surface area contributed by atoms with Crippen LogP contribution in [0.4, 0.5) is 0 Å². The topological polar surface area (TPSA) is 12.4 Å². The van der Waals surface area contributed by atoms with Crippen LogP contribution < -0.4 is 0 Å². The first-order valence-electron chi connectivity index (χ1n) is 12.7. The van der Waals surface area contributed by atoms with Gasteiger partial charge in [-0.25, -0.2) is 0 Å². The van der Waals surface area contributed by atoms with Gasteiger partial charge in [0.1, 0.15) is 0 Å². The number of aliphatic imine (C=N–C) groups is 1. The van der Waals surface area contributed by atoms with Gasteiger partial charge in [-0.2, -0.15) is 0 Å². The number of nitrogens with zero attached hydrogens (tertiary/aromatic N) is 1. The quantitative estimate of drug-likeness (QED) is 0.271. The van der Waals surface area contributed by atoms with Crippen molar-refractivity contribution in [1.82, 2.24) is 0 Å². The van der Waals surface area contributed by atoms with Crippen LogP contribution >= 0.6 is 0 Å². The molecule has 7 rings (SSSR count). The zero-order valence-corrected chi connectivity index (χ0v) is 20.5. The number of allylic oxidation sites excluding steroid dienone is 4. The lowest BCUT2D eigenvalue weighted by molar-refractivity contribution is 0.714. The van der Waals surface area contributed by atoms with E-state index in [0.29, 0.717) is 0 Å². The number of fused-ring (bicyclic) bond motifs is 9. The minimum absolute atomic E-state index is 0.241. The standard InChI is InChI=1S/C35H27N/c1-23(25-12-4-3-5-13-25)36-24(2)26-20-21-30-29-16-8-11-19-33(29)35(34(30)22-26)31-17-9-6-14-27(31)28-15-7-10-18-32(28)35/h3-9,11-17,19-22H,1,10,18H2,2H3/b36-24+. The van der Waals surface area contributed by atoms with Gasteiger partial charge in [-0.15, -0.1) is 0 Å². The number of hydrogen-bond donors (Lipinski definition) is 0. The molecule has 172 valence electrons. The second-order valence-corrected chi connectivity index (χ2v) is 9.94. The molecule has 0 fully saturated rings. The summed E-state index contributed by atoms with van der Waals surface area (Å²) >= 11 is 0. The van der Waals surface area contributed by atoms with Crippen LogP contribution in [0.2, 0.25) is 0 Å². The molecule has 36 heavy (non-hydrogen) atoms. The van der Waals surface area contributed by atoms with Crippen molar-refractivity contribution in [3.05, 3.63) is 155 Å². The van der Waals surface area contributed by atoms with Crippen LogP contribution in [0.5, 0.6) is 0 Å². The largest absolute Gasteiger partial charge is 0.253 e. The van der Waals surface area contributed by atoms with Gasteiger partial charge in [0, 0.05) is 5.71 Å². The van der Waals surface area contributed by atoms with Gasteiger partial charge in [0.15, 0.2) is 0 Å². The van der Waals surface area contributed by atoms with E-state index in [0.717, 1.165) is 35.4 Å². The molecule has 3 aliphatic rings. The highest BCUT2D eigenvalue weighted by molar-refractivity contribution is 6.04. The molecule has 0 amide bonds. The first-order chi connectivity index (χ1) is 17.7. The van der Waals surface area contributed by atoms with Crippen molar-refractivity contribution in [2.24, 2.45) is 4.99 Å². The van der Waals surface area contributed by atoms with Crippen LogP contribution in [-0.4, -0.2) is 5.71 Å². The lowest BCUT2D eigenvalue weighted by Gasteiger charge is -2.33. The maximum Gasteiger partial charge on any atom is 0.0688 e. The molecule has 1 heteroatoms. The zero-order chi connectivity index (χ0) is 24.3. The van der Waals surface area contributed by atoms with E-state index in [9.17, 15) is 0 Å². The Morgan fingerprint density at radius 3 is 2.19 bits per heavy atom. The third-order valence-electron chi connectivity index (χ3n) is 8.12. The van der Waals surface area contributed by atoms with E-state index in [-0.39, 0.29) is 5.41 Å². The Labute approximate surface area is 212 Å². The molecular formula is C35H27N. The molecule has 0 radical (unpaired) electrons. The van der Waals surface area contributed by atoms with Crippen molar-refractivity contribution in [3.8, 4) is 11.1 Å². The minimum atomic E-state index is -0.241. The van der Waals surface area contributed by atoms with Gasteiger partial charge in [0.2, 0.25) is 0 Å². The van der Waals surface area contributed by atoms with Gasteiger partial charge < -0.3 is 0 Å². The molecule has 0 N–H and O–H groups in total. The highest BCUT2D eigenvalue weighted by atomic mass is 14.8. The van der Waals surface area contributed by atoms with Gasteiger partial charge in [-0.1, -0.05) is 110 Å². The third kappa shape index (κ3) is 2.80. The molecule has 1 nitrogen and oxygen atoms in total. The molecule has 1 atom stereocenters. The van der Waals surface area contributed by atoms with Gasteiger partial charge in [-0.05, 0) is 81.5 Å². The molecule has 0 bridgehead atoms. The lowest BCUT2D eigenvalue weighted by atomic mass is 9.68. The molecule has 1 spiro atoms. The molecule has 0 saturated carbocycles. The van der Waals surface area contributed by atoms with E-state index < -0.39 is 0 Å². The van der Waals surface area contributed by atoms with Crippen LogP contribution in [0.1, 0.15) is 53.1 Å². The smallest absolute Gasteiger partial charge is 0.0688 e. The number of benzene rings is 4. The lowest BCUT2D eigenvalue weighted by Crippen LogP contribution is -2.28. The monoisotopic (exact) mass is 461 g/mol. The van der Waals surface area contributed by atoms with Crippen LogP contribution in [0, 0.1) is 0 Å². The van der Waals surface area contributed by atoms with Gasteiger partial charge in [-0.3, -0.25) is 4.99 Å². The Balaban J connectivity index is 1.47. The zero-order valence-electron chi connectivity index (χ0n) is 20.5. The van der Waals surface area contributed by atoms with E-state index in [2.05, 4.69) is 105 Å². The average Bonchev–Trinajstić information content (AvgIpc) is 3.40. The molecule has 0 heterocycles. The molecule has 0 saturated heterocycles. The predicted molar refractivity (Wildman–Crippen MR) is 151 cm³/mol. The molecule has 1 unspecified atom stereocenters. The summed E-state index contributed by atoms with van der Waals surface area (Å²) in [5.41, 5.74) is 15.0. The fraction of sp³-hybridized carbons (Fsp3) is 0.114. The van der Waals surface area contributed by atoms with Crippen molar-refractivity contribution in [2.75, 3.05) is 0 Å². The summed E-state index contributed by atoms with van der Waals surface area (Å²) in [5.74, 6) is 0. The Morgan fingerprint density at radius 2 is 1.39 bits per heavy atom. The Hall–Kier alpha value is -4.23. The van der Waals surface area contributed by atoms with Gasteiger partial charge in [0.05, 0.1) is 11.1 Å². The summed E-state index contributed by atoms with van der Waals surface area (Å²) in [4.78, 5) is 4.93. The summed E-state index contributed by atoms with van der Waals surface area (Å²) in [6.45, 7) is 6.35. The Kier molecular flexibility index (Phi) is 4.62. The maximum atomic E-state index is 4.93. The van der Waals surface area contributed by atoms with E-state index in [4.69, 9.17) is 4.99 Å². The van der Waals surface area contributed by atoms with E-state index >= 15 is 0 Å². The second-order valence-electron chi connectivity index (χ2n) is 9.94. The Bertz CT molecular complexity index is 1650. The number of rotatable bonds is 3.